The van der Waals surface area contributed by atoms with Crippen LogP contribution in [0.5, 0.6) is 0 Å². The number of thiocarbonyl (C=S) groups is 1. The second kappa shape index (κ2) is 9.63. The van der Waals surface area contributed by atoms with Gasteiger partial charge in [-0.25, -0.2) is 4.98 Å². The number of aromatic nitrogens is 1. The van der Waals surface area contributed by atoms with Gasteiger partial charge in [-0.3, -0.25) is 0 Å². The summed E-state index contributed by atoms with van der Waals surface area (Å²) < 4.78 is 10.8. The molecule has 5 nitrogen and oxygen atoms in total. The van der Waals surface area contributed by atoms with Crippen molar-refractivity contribution >= 4 is 23.0 Å². The number of anilines is 1. The van der Waals surface area contributed by atoms with Crippen LogP contribution in [0.2, 0.25) is 0 Å². The van der Waals surface area contributed by atoms with Crippen molar-refractivity contribution in [2.75, 3.05) is 44.4 Å². The molecule has 6 heteroatoms. The second-order valence-electron chi connectivity index (χ2n) is 4.13. The van der Waals surface area contributed by atoms with Crippen molar-refractivity contribution in [2.45, 2.75) is 13.8 Å². The zero-order valence-corrected chi connectivity index (χ0v) is 13.0. The van der Waals surface area contributed by atoms with Crippen LogP contribution in [0.25, 0.3) is 0 Å². The summed E-state index contributed by atoms with van der Waals surface area (Å²) in [5, 5.41) is 0. The lowest BCUT2D eigenvalue weighted by Gasteiger charge is -2.24. The molecule has 0 aliphatic carbocycles. The normalized spacial score (nSPS) is 10.5. The number of pyridine rings is 1. The van der Waals surface area contributed by atoms with Crippen molar-refractivity contribution in [3.63, 3.8) is 0 Å². The minimum absolute atomic E-state index is 0.307. The second-order valence-corrected chi connectivity index (χ2v) is 4.57. The number of rotatable bonds is 10. The molecule has 0 radical (unpaired) electrons. The van der Waals surface area contributed by atoms with Crippen LogP contribution in [0.15, 0.2) is 18.2 Å². The molecule has 1 aromatic rings. The Bertz CT molecular complexity index is 405. The predicted molar refractivity (Wildman–Crippen MR) is 85.3 cm³/mol. The van der Waals surface area contributed by atoms with Crippen LogP contribution in [0, 0.1) is 0 Å². The van der Waals surface area contributed by atoms with Gasteiger partial charge in [0, 0.05) is 26.3 Å². The molecule has 0 aromatic carbocycles. The quantitative estimate of drug-likeness (QED) is 0.523. The van der Waals surface area contributed by atoms with E-state index < -0.39 is 0 Å². The molecule has 0 amide bonds. The summed E-state index contributed by atoms with van der Waals surface area (Å²) in [5.41, 5.74) is 6.26. The van der Waals surface area contributed by atoms with E-state index in [1.807, 2.05) is 32.0 Å². The Kier molecular flexibility index (Phi) is 8.10. The lowest BCUT2D eigenvalue weighted by atomic mass is 10.3. The first-order chi connectivity index (χ1) is 9.69. The first kappa shape index (κ1) is 16.8. The maximum absolute atomic E-state index is 5.63. The molecule has 0 aliphatic heterocycles. The van der Waals surface area contributed by atoms with Crippen LogP contribution in [-0.2, 0) is 9.47 Å². The fraction of sp³-hybridized carbons (Fsp3) is 0.571. The number of nitrogens with two attached hydrogens (primary N) is 1. The SMILES string of the molecule is CCOCCN(CCOCC)c1cccc(C(N)=S)n1. The Hall–Kier alpha value is -1.24. The summed E-state index contributed by atoms with van der Waals surface area (Å²) in [6.45, 7) is 8.21. The molecule has 0 bridgehead atoms. The topological polar surface area (TPSA) is 60.6 Å². The van der Waals surface area contributed by atoms with Gasteiger partial charge in [0.05, 0.1) is 18.9 Å². The minimum atomic E-state index is 0.307. The molecule has 0 atom stereocenters. The fourth-order valence-corrected chi connectivity index (χ4v) is 1.83. The zero-order chi connectivity index (χ0) is 14.8. The molecule has 1 aromatic heterocycles. The summed E-state index contributed by atoms with van der Waals surface area (Å²) in [7, 11) is 0. The van der Waals surface area contributed by atoms with Crippen LogP contribution in [0.1, 0.15) is 19.5 Å². The van der Waals surface area contributed by atoms with E-state index in [1.165, 1.54) is 0 Å². The van der Waals surface area contributed by atoms with Crippen molar-refractivity contribution < 1.29 is 9.47 Å². The Balaban J connectivity index is 2.73. The molecule has 2 N–H and O–H groups in total. The highest BCUT2D eigenvalue weighted by molar-refractivity contribution is 7.80. The van der Waals surface area contributed by atoms with Crippen molar-refractivity contribution in [1.29, 1.82) is 0 Å². The maximum Gasteiger partial charge on any atom is 0.129 e. The van der Waals surface area contributed by atoms with Crippen molar-refractivity contribution in [3.05, 3.63) is 23.9 Å². The summed E-state index contributed by atoms with van der Waals surface area (Å²) in [4.78, 5) is 6.90. The first-order valence-electron chi connectivity index (χ1n) is 6.86. The Labute approximate surface area is 126 Å². The Morgan fingerprint density at radius 3 is 2.30 bits per heavy atom. The fourth-order valence-electron chi connectivity index (χ4n) is 1.72. The van der Waals surface area contributed by atoms with Crippen LogP contribution in [0.4, 0.5) is 5.82 Å². The maximum atomic E-state index is 5.63. The Morgan fingerprint density at radius 2 is 1.80 bits per heavy atom. The van der Waals surface area contributed by atoms with E-state index in [0.717, 1.165) is 18.9 Å². The van der Waals surface area contributed by atoms with Gasteiger partial charge in [-0.2, -0.15) is 0 Å². The van der Waals surface area contributed by atoms with Gasteiger partial charge in [0.1, 0.15) is 10.8 Å². The van der Waals surface area contributed by atoms with Gasteiger partial charge < -0.3 is 20.1 Å². The number of nitrogens with zero attached hydrogens (tertiary/aromatic N) is 2. The van der Waals surface area contributed by atoms with Crippen LogP contribution in [-0.4, -0.2) is 49.5 Å². The average molecular weight is 297 g/mol. The van der Waals surface area contributed by atoms with E-state index in [2.05, 4.69) is 9.88 Å². The number of ether oxygens (including phenoxy) is 2. The molecule has 0 saturated heterocycles. The molecule has 1 rings (SSSR count). The van der Waals surface area contributed by atoms with Crippen LogP contribution < -0.4 is 10.6 Å². The third-order valence-corrected chi connectivity index (χ3v) is 2.94. The van der Waals surface area contributed by atoms with E-state index in [9.17, 15) is 0 Å². The smallest absolute Gasteiger partial charge is 0.129 e. The molecule has 20 heavy (non-hydrogen) atoms. The van der Waals surface area contributed by atoms with Crippen molar-refractivity contribution in [2.24, 2.45) is 5.73 Å². The van der Waals surface area contributed by atoms with E-state index in [4.69, 9.17) is 27.4 Å². The van der Waals surface area contributed by atoms with Crippen molar-refractivity contribution in [3.8, 4) is 0 Å². The van der Waals surface area contributed by atoms with Gasteiger partial charge >= 0.3 is 0 Å². The minimum Gasteiger partial charge on any atom is -0.388 e. The molecular weight excluding hydrogens is 274 g/mol. The van der Waals surface area contributed by atoms with Crippen molar-refractivity contribution in [1.82, 2.24) is 4.98 Å². The predicted octanol–water partition coefficient (Wildman–Crippen LogP) is 1.60. The lowest BCUT2D eigenvalue weighted by Crippen LogP contribution is -2.32. The first-order valence-corrected chi connectivity index (χ1v) is 7.27. The van der Waals surface area contributed by atoms with Crippen LogP contribution >= 0.6 is 12.2 Å². The van der Waals surface area contributed by atoms with Crippen LogP contribution in [0.3, 0.4) is 0 Å². The molecular formula is C14H23N3O2S. The highest BCUT2D eigenvalue weighted by atomic mass is 32.1. The molecule has 1 heterocycles. The van der Waals surface area contributed by atoms with Gasteiger partial charge in [-0.05, 0) is 26.0 Å². The number of hydrogen-bond donors (Lipinski definition) is 1. The van der Waals surface area contributed by atoms with E-state index in [-0.39, 0.29) is 0 Å². The average Bonchev–Trinajstić information content (AvgIpc) is 2.46. The largest absolute Gasteiger partial charge is 0.388 e. The van der Waals surface area contributed by atoms with Gasteiger partial charge in [0.2, 0.25) is 0 Å². The molecule has 0 aliphatic rings. The third kappa shape index (κ3) is 5.81. The third-order valence-electron chi connectivity index (χ3n) is 2.73. The van der Waals surface area contributed by atoms with Gasteiger partial charge in [0.15, 0.2) is 0 Å². The monoisotopic (exact) mass is 297 g/mol. The molecule has 0 unspecified atom stereocenters. The summed E-state index contributed by atoms with van der Waals surface area (Å²) in [6.07, 6.45) is 0. The van der Waals surface area contributed by atoms with Gasteiger partial charge in [-0.15, -0.1) is 0 Å². The van der Waals surface area contributed by atoms with E-state index >= 15 is 0 Å². The molecule has 0 spiro atoms. The zero-order valence-electron chi connectivity index (χ0n) is 12.2. The molecule has 112 valence electrons. The number of hydrogen-bond acceptors (Lipinski definition) is 5. The van der Waals surface area contributed by atoms with Gasteiger partial charge in [0.25, 0.3) is 0 Å². The lowest BCUT2D eigenvalue weighted by molar-refractivity contribution is 0.141. The Morgan fingerprint density at radius 1 is 1.20 bits per heavy atom. The molecule has 0 fully saturated rings. The summed E-state index contributed by atoms with van der Waals surface area (Å²) in [5.74, 6) is 0.842. The highest BCUT2D eigenvalue weighted by Crippen LogP contribution is 2.11. The van der Waals surface area contributed by atoms with E-state index in [0.29, 0.717) is 37.1 Å². The van der Waals surface area contributed by atoms with E-state index in [1.54, 1.807) is 0 Å². The van der Waals surface area contributed by atoms with Gasteiger partial charge in [-0.1, -0.05) is 18.3 Å². The summed E-state index contributed by atoms with van der Waals surface area (Å²) in [6, 6.07) is 5.67. The standard InChI is InChI=1S/C14H23N3O2S/c1-3-18-10-8-17(9-11-19-4-2)13-7-5-6-12(16-13)14(15)20/h5-7H,3-4,8-11H2,1-2H3,(H2,15,20). The molecule has 0 saturated carbocycles. The summed E-state index contributed by atoms with van der Waals surface area (Å²) >= 11 is 4.97. The highest BCUT2D eigenvalue weighted by Gasteiger charge is 2.09.